The molecule has 0 spiro atoms. The van der Waals surface area contributed by atoms with Gasteiger partial charge in [-0.15, -0.1) is 0 Å². The zero-order valence-corrected chi connectivity index (χ0v) is 12.3. The van der Waals surface area contributed by atoms with Crippen molar-refractivity contribution in [3.63, 3.8) is 0 Å². The first-order valence-electron chi connectivity index (χ1n) is 6.94. The van der Waals surface area contributed by atoms with Crippen molar-refractivity contribution in [2.24, 2.45) is 5.92 Å². The maximum atomic E-state index is 4.07. The fourth-order valence-corrected chi connectivity index (χ4v) is 2.52. The number of hydrogen-bond donors (Lipinski definition) is 1. The van der Waals surface area contributed by atoms with Gasteiger partial charge in [-0.1, -0.05) is 36.0 Å². The average molecular weight is 245 g/mol. The Hall–Kier alpha value is -1.08. The van der Waals surface area contributed by atoms with E-state index in [0.717, 1.165) is 19.5 Å². The van der Waals surface area contributed by atoms with Crippen molar-refractivity contribution in [2.45, 2.75) is 40.5 Å². The molecule has 0 bridgehead atoms. The van der Waals surface area contributed by atoms with Crippen LogP contribution in [0, 0.1) is 5.92 Å². The van der Waals surface area contributed by atoms with Gasteiger partial charge in [0.1, 0.15) is 0 Å². The summed E-state index contributed by atoms with van der Waals surface area (Å²) in [5.74, 6) is 0.708. The van der Waals surface area contributed by atoms with Crippen LogP contribution in [0.3, 0.4) is 0 Å². The molecule has 1 nitrogen and oxygen atoms in total. The standard InChI is InChI=1S/C17H27N/c1-6-8-16(11-15(7-2)13(3)4)14(5)17-9-10-18-12-17/h6-8,17-18H,3,9-12H2,1-2,4-5H3/b8-6-,15-7-,16-14+. The number of hydrogen-bond acceptors (Lipinski definition) is 1. The summed E-state index contributed by atoms with van der Waals surface area (Å²) in [5.41, 5.74) is 5.53. The van der Waals surface area contributed by atoms with Gasteiger partial charge >= 0.3 is 0 Å². The van der Waals surface area contributed by atoms with E-state index in [4.69, 9.17) is 0 Å². The smallest absolute Gasteiger partial charge is 0.00174 e. The van der Waals surface area contributed by atoms with Crippen LogP contribution in [-0.2, 0) is 0 Å². The quantitative estimate of drug-likeness (QED) is 0.708. The molecule has 100 valence electrons. The largest absolute Gasteiger partial charge is 0.316 e. The Morgan fingerprint density at radius 2 is 2.06 bits per heavy atom. The van der Waals surface area contributed by atoms with E-state index in [1.54, 1.807) is 5.57 Å². The second kappa shape index (κ2) is 7.38. The topological polar surface area (TPSA) is 12.0 Å². The highest BCUT2D eigenvalue weighted by molar-refractivity contribution is 5.37. The Bertz CT molecular complexity index is 376. The Labute approximate surface area is 112 Å². The highest BCUT2D eigenvalue weighted by Crippen LogP contribution is 2.27. The van der Waals surface area contributed by atoms with Crippen molar-refractivity contribution in [1.82, 2.24) is 5.32 Å². The zero-order chi connectivity index (χ0) is 13.5. The number of allylic oxidation sites excluding steroid dienone is 6. The molecule has 1 aliphatic rings. The third-order valence-corrected chi connectivity index (χ3v) is 3.82. The molecular formula is C17H27N. The maximum Gasteiger partial charge on any atom is 0.00174 e. The van der Waals surface area contributed by atoms with Gasteiger partial charge in [0.15, 0.2) is 0 Å². The fourth-order valence-electron chi connectivity index (χ4n) is 2.52. The van der Waals surface area contributed by atoms with Crippen molar-refractivity contribution < 1.29 is 0 Å². The zero-order valence-electron chi connectivity index (χ0n) is 12.3. The van der Waals surface area contributed by atoms with E-state index in [1.165, 1.54) is 23.1 Å². The average Bonchev–Trinajstić information content (AvgIpc) is 2.86. The fraction of sp³-hybridized carbons (Fsp3) is 0.529. The molecule has 0 amide bonds. The lowest BCUT2D eigenvalue weighted by Crippen LogP contribution is -2.10. The van der Waals surface area contributed by atoms with Crippen LogP contribution in [-0.4, -0.2) is 13.1 Å². The van der Waals surface area contributed by atoms with E-state index >= 15 is 0 Å². The number of nitrogens with one attached hydrogen (secondary N) is 1. The van der Waals surface area contributed by atoms with Crippen LogP contribution >= 0.6 is 0 Å². The highest BCUT2D eigenvalue weighted by Gasteiger charge is 2.18. The van der Waals surface area contributed by atoms with Crippen molar-refractivity contribution in [3.8, 4) is 0 Å². The van der Waals surface area contributed by atoms with Gasteiger partial charge in [0.2, 0.25) is 0 Å². The second-order valence-electron chi connectivity index (χ2n) is 5.17. The van der Waals surface area contributed by atoms with E-state index in [-0.39, 0.29) is 0 Å². The Morgan fingerprint density at radius 1 is 1.33 bits per heavy atom. The van der Waals surface area contributed by atoms with E-state index in [2.05, 4.69) is 57.8 Å². The molecule has 0 aromatic rings. The van der Waals surface area contributed by atoms with Crippen LogP contribution < -0.4 is 5.32 Å². The van der Waals surface area contributed by atoms with Gasteiger partial charge in [0.25, 0.3) is 0 Å². The van der Waals surface area contributed by atoms with Crippen molar-refractivity contribution >= 4 is 0 Å². The molecule has 0 aromatic carbocycles. The molecule has 1 heteroatoms. The Kier molecular flexibility index (Phi) is 6.14. The summed E-state index contributed by atoms with van der Waals surface area (Å²) in [7, 11) is 0. The summed E-state index contributed by atoms with van der Waals surface area (Å²) in [4.78, 5) is 0. The molecule has 1 heterocycles. The summed E-state index contributed by atoms with van der Waals surface area (Å²) in [5, 5.41) is 3.45. The molecular weight excluding hydrogens is 218 g/mol. The van der Waals surface area contributed by atoms with Crippen LogP contribution in [0.4, 0.5) is 0 Å². The van der Waals surface area contributed by atoms with E-state index in [9.17, 15) is 0 Å². The first-order valence-corrected chi connectivity index (χ1v) is 6.94. The second-order valence-corrected chi connectivity index (χ2v) is 5.17. The summed E-state index contributed by atoms with van der Waals surface area (Å²) in [6, 6.07) is 0. The maximum absolute atomic E-state index is 4.07. The van der Waals surface area contributed by atoms with Crippen molar-refractivity contribution in [1.29, 1.82) is 0 Å². The molecule has 1 rings (SSSR count). The summed E-state index contributed by atoms with van der Waals surface area (Å²) in [6.07, 6.45) is 8.88. The Morgan fingerprint density at radius 3 is 2.50 bits per heavy atom. The third kappa shape index (κ3) is 3.99. The summed E-state index contributed by atoms with van der Waals surface area (Å²) < 4.78 is 0. The van der Waals surface area contributed by atoms with Gasteiger partial charge in [0, 0.05) is 6.54 Å². The van der Waals surface area contributed by atoms with Crippen LogP contribution in [0.5, 0.6) is 0 Å². The van der Waals surface area contributed by atoms with E-state index in [0.29, 0.717) is 5.92 Å². The van der Waals surface area contributed by atoms with Gasteiger partial charge < -0.3 is 5.32 Å². The third-order valence-electron chi connectivity index (χ3n) is 3.82. The molecule has 0 radical (unpaired) electrons. The Balaban J connectivity index is 2.93. The first-order chi connectivity index (χ1) is 8.60. The SMILES string of the molecule is C=C(C)/C(=C\C)CC(/C=C\C)=C(\C)C1CCNC1. The van der Waals surface area contributed by atoms with Crippen LogP contribution in [0.25, 0.3) is 0 Å². The summed E-state index contributed by atoms with van der Waals surface area (Å²) >= 11 is 0. The molecule has 18 heavy (non-hydrogen) atoms. The van der Waals surface area contributed by atoms with Crippen LogP contribution in [0.2, 0.25) is 0 Å². The minimum atomic E-state index is 0.708. The van der Waals surface area contributed by atoms with Crippen molar-refractivity contribution in [3.05, 3.63) is 47.1 Å². The van der Waals surface area contributed by atoms with E-state index in [1.807, 2.05) is 0 Å². The first kappa shape index (κ1) is 15.0. The van der Waals surface area contributed by atoms with E-state index < -0.39 is 0 Å². The molecule has 1 N–H and O–H groups in total. The minimum Gasteiger partial charge on any atom is -0.316 e. The molecule has 0 saturated carbocycles. The van der Waals surface area contributed by atoms with Gasteiger partial charge in [-0.3, -0.25) is 0 Å². The van der Waals surface area contributed by atoms with Gasteiger partial charge in [-0.05, 0) is 64.1 Å². The minimum absolute atomic E-state index is 0.708. The molecule has 1 aliphatic heterocycles. The lowest BCUT2D eigenvalue weighted by atomic mass is 9.89. The van der Waals surface area contributed by atoms with Crippen LogP contribution in [0.1, 0.15) is 40.5 Å². The lowest BCUT2D eigenvalue weighted by molar-refractivity contribution is 0.673. The molecule has 1 atom stereocenters. The molecule has 0 aromatic heterocycles. The predicted molar refractivity (Wildman–Crippen MR) is 81.7 cm³/mol. The van der Waals surface area contributed by atoms with Gasteiger partial charge in [-0.25, -0.2) is 0 Å². The van der Waals surface area contributed by atoms with Crippen molar-refractivity contribution in [2.75, 3.05) is 13.1 Å². The van der Waals surface area contributed by atoms with Gasteiger partial charge in [0.05, 0.1) is 0 Å². The van der Waals surface area contributed by atoms with Gasteiger partial charge in [-0.2, -0.15) is 0 Å². The number of rotatable bonds is 5. The van der Waals surface area contributed by atoms with Crippen LogP contribution in [0.15, 0.2) is 47.1 Å². The molecule has 0 aliphatic carbocycles. The monoisotopic (exact) mass is 245 g/mol. The molecule has 1 fully saturated rings. The highest BCUT2D eigenvalue weighted by atomic mass is 14.9. The molecule has 1 unspecified atom stereocenters. The predicted octanol–water partition coefficient (Wildman–Crippen LogP) is 4.40. The lowest BCUT2D eigenvalue weighted by Gasteiger charge is -2.16. The normalized spacial score (nSPS) is 22.4. The molecule has 1 saturated heterocycles. The summed E-state index contributed by atoms with van der Waals surface area (Å²) in [6.45, 7) is 14.9.